The fourth-order valence-electron chi connectivity index (χ4n) is 2.27. The number of alkyl halides is 3. The summed E-state index contributed by atoms with van der Waals surface area (Å²) in [7, 11) is 0. The van der Waals surface area contributed by atoms with Gasteiger partial charge < -0.3 is 15.8 Å². The van der Waals surface area contributed by atoms with Gasteiger partial charge in [0.25, 0.3) is 0 Å². The van der Waals surface area contributed by atoms with Crippen molar-refractivity contribution in [3.63, 3.8) is 0 Å². The number of amides is 1. The second-order valence-corrected chi connectivity index (χ2v) is 5.15. The summed E-state index contributed by atoms with van der Waals surface area (Å²) in [5.74, 6) is 0.0260. The number of carbonyl (C=O) groups is 1. The van der Waals surface area contributed by atoms with Crippen LogP contribution in [0.1, 0.15) is 26.2 Å². The monoisotopic (exact) mass is 282 g/mol. The molecule has 0 aromatic rings. The maximum Gasteiger partial charge on any atom is 0.411 e. The van der Waals surface area contributed by atoms with Crippen LogP contribution in [0.15, 0.2) is 0 Å². The Labute approximate surface area is 110 Å². The van der Waals surface area contributed by atoms with Crippen LogP contribution in [0.25, 0.3) is 0 Å². The number of hydrogen-bond donors (Lipinski definition) is 2. The van der Waals surface area contributed by atoms with Crippen LogP contribution < -0.4 is 11.1 Å². The molecule has 3 atom stereocenters. The van der Waals surface area contributed by atoms with Gasteiger partial charge in [0.2, 0.25) is 5.91 Å². The standard InChI is InChI=1S/C12H21F3N2O2/c1-8-2-3-10(16)9(6-8)11(18)17-4-5-19-7-12(13,14)15/h8-10H,2-7,16H2,1H3,(H,17,18). The molecule has 0 aliphatic heterocycles. The first-order chi connectivity index (χ1) is 8.79. The van der Waals surface area contributed by atoms with E-state index in [-0.39, 0.29) is 31.0 Å². The summed E-state index contributed by atoms with van der Waals surface area (Å²) < 4.78 is 39.8. The molecule has 4 nitrogen and oxygen atoms in total. The van der Waals surface area contributed by atoms with Crippen molar-refractivity contribution in [1.29, 1.82) is 0 Å². The van der Waals surface area contributed by atoms with Gasteiger partial charge in [-0.15, -0.1) is 0 Å². The summed E-state index contributed by atoms with van der Waals surface area (Å²) in [5.41, 5.74) is 5.89. The average Bonchev–Trinajstić information content (AvgIpc) is 2.30. The maximum atomic E-state index is 11.8. The minimum absolute atomic E-state index is 0.0759. The Bertz CT molecular complexity index is 297. The summed E-state index contributed by atoms with van der Waals surface area (Å²) >= 11 is 0. The molecule has 1 aliphatic rings. The molecule has 0 spiro atoms. The Morgan fingerprint density at radius 1 is 1.42 bits per heavy atom. The van der Waals surface area contributed by atoms with Gasteiger partial charge in [0.1, 0.15) is 6.61 Å². The van der Waals surface area contributed by atoms with Gasteiger partial charge in [-0.25, -0.2) is 0 Å². The highest BCUT2D eigenvalue weighted by Crippen LogP contribution is 2.27. The highest BCUT2D eigenvalue weighted by Gasteiger charge is 2.31. The van der Waals surface area contributed by atoms with E-state index in [1.54, 1.807) is 0 Å². The second-order valence-electron chi connectivity index (χ2n) is 5.15. The fourth-order valence-corrected chi connectivity index (χ4v) is 2.27. The van der Waals surface area contributed by atoms with Crippen LogP contribution in [-0.4, -0.2) is 37.9 Å². The van der Waals surface area contributed by atoms with E-state index in [0.717, 1.165) is 19.3 Å². The normalized spacial score (nSPS) is 28.2. The number of rotatable bonds is 5. The topological polar surface area (TPSA) is 64.4 Å². The summed E-state index contributed by atoms with van der Waals surface area (Å²) in [5, 5.41) is 2.58. The van der Waals surface area contributed by atoms with Crippen LogP contribution in [-0.2, 0) is 9.53 Å². The van der Waals surface area contributed by atoms with Crippen LogP contribution in [0.4, 0.5) is 13.2 Å². The Morgan fingerprint density at radius 3 is 2.74 bits per heavy atom. The molecule has 1 fully saturated rings. The zero-order chi connectivity index (χ0) is 14.5. The minimum atomic E-state index is -4.33. The van der Waals surface area contributed by atoms with Crippen LogP contribution in [0.5, 0.6) is 0 Å². The first-order valence-corrected chi connectivity index (χ1v) is 6.47. The second kappa shape index (κ2) is 7.09. The first kappa shape index (κ1) is 16.2. The molecule has 0 aromatic heterocycles. The third kappa shape index (κ3) is 6.24. The van der Waals surface area contributed by atoms with Crippen molar-refractivity contribution in [3.05, 3.63) is 0 Å². The van der Waals surface area contributed by atoms with Crippen molar-refractivity contribution >= 4 is 5.91 Å². The molecule has 0 aromatic carbocycles. The summed E-state index contributed by atoms with van der Waals surface area (Å²) in [6, 6.07) is -0.160. The van der Waals surface area contributed by atoms with Gasteiger partial charge in [-0.3, -0.25) is 4.79 Å². The third-order valence-corrected chi connectivity index (χ3v) is 3.31. The van der Waals surface area contributed by atoms with Gasteiger partial charge in [0, 0.05) is 12.6 Å². The molecule has 0 heterocycles. The average molecular weight is 282 g/mol. The maximum absolute atomic E-state index is 11.8. The number of hydrogen-bond acceptors (Lipinski definition) is 3. The number of carbonyl (C=O) groups excluding carboxylic acids is 1. The molecule has 1 amide bonds. The van der Waals surface area contributed by atoms with Crippen molar-refractivity contribution in [2.45, 2.75) is 38.4 Å². The molecule has 1 saturated carbocycles. The molecule has 1 aliphatic carbocycles. The van der Waals surface area contributed by atoms with Gasteiger partial charge in [-0.05, 0) is 25.2 Å². The van der Waals surface area contributed by atoms with Gasteiger partial charge in [-0.1, -0.05) is 6.92 Å². The van der Waals surface area contributed by atoms with Gasteiger partial charge in [-0.2, -0.15) is 13.2 Å². The molecular formula is C12H21F3N2O2. The predicted octanol–water partition coefficient (Wildman–Crippen LogP) is 1.45. The molecule has 0 radical (unpaired) electrons. The van der Waals surface area contributed by atoms with E-state index in [4.69, 9.17) is 5.73 Å². The summed E-state index contributed by atoms with van der Waals surface area (Å²) in [6.07, 6.45) is -1.77. The fraction of sp³-hybridized carbons (Fsp3) is 0.917. The van der Waals surface area contributed by atoms with E-state index in [1.807, 2.05) is 0 Å². The number of halogens is 3. The van der Waals surface area contributed by atoms with Gasteiger partial charge >= 0.3 is 6.18 Å². The van der Waals surface area contributed by atoms with E-state index in [2.05, 4.69) is 17.0 Å². The van der Waals surface area contributed by atoms with E-state index in [1.165, 1.54) is 0 Å². The van der Waals surface area contributed by atoms with E-state index in [0.29, 0.717) is 5.92 Å². The highest BCUT2D eigenvalue weighted by molar-refractivity contribution is 5.79. The van der Waals surface area contributed by atoms with Gasteiger partial charge in [0.05, 0.1) is 12.5 Å². The van der Waals surface area contributed by atoms with Crippen molar-refractivity contribution in [2.75, 3.05) is 19.8 Å². The van der Waals surface area contributed by atoms with Crippen LogP contribution in [0, 0.1) is 11.8 Å². The van der Waals surface area contributed by atoms with Gasteiger partial charge in [0.15, 0.2) is 0 Å². The number of nitrogens with one attached hydrogen (secondary N) is 1. The Balaban J connectivity index is 2.20. The largest absolute Gasteiger partial charge is 0.411 e. The Kier molecular flexibility index (Phi) is 6.06. The summed E-state index contributed by atoms with van der Waals surface area (Å²) in [6.45, 7) is 0.705. The van der Waals surface area contributed by atoms with E-state index < -0.39 is 12.8 Å². The van der Waals surface area contributed by atoms with E-state index >= 15 is 0 Å². The zero-order valence-corrected chi connectivity index (χ0v) is 11.0. The lowest BCUT2D eigenvalue weighted by molar-refractivity contribution is -0.173. The Morgan fingerprint density at radius 2 is 2.11 bits per heavy atom. The third-order valence-electron chi connectivity index (χ3n) is 3.31. The van der Waals surface area contributed by atoms with Crippen molar-refractivity contribution in [1.82, 2.24) is 5.32 Å². The number of ether oxygens (including phenoxy) is 1. The molecule has 3 N–H and O–H groups in total. The van der Waals surface area contributed by atoms with Crippen molar-refractivity contribution in [2.24, 2.45) is 17.6 Å². The SMILES string of the molecule is CC1CCC(N)C(C(=O)NCCOCC(F)(F)F)C1. The lowest BCUT2D eigenvalue weighted by atomic mass is 9.79. The zero-order valence-electron chi connectivity index (χ0n) is 11.0. The molecular weight excluding hydrogens is 261 g/mol. The first-order valence-electron chi connectivity index (χ1n) is 6.47. The molecule has 7 heteroatoms. The molecule has 1 rings (SSSR count). The lowest BCUT2D eigenvalue weighted by Gasteiger charge is -2.31. The lowest BCUT2D eigenvalue weighted by Crippen LogP contribution is -2.45. The minimum Gasteiger partial charge on any atom is -0.370 e. The quantitative estimate of drug-likeness (QED) is 0.750. The van der Waals surface area contributed by atoms with Crippen molar-refractivity contribution < 1.29 is 22.7 Å². The molecule has 0 bridgehead atoms. The highest BCUT2D eigenvalue weighted by atomic mass is 19.4. The van der Waals surface area contributed by atoms with Crippen LogP contribution in [0.3, 0.4) is 0 Å². The smallest absolute Gasteiger partial charge is 0.370 e. The number of nitrogens with two attached hydrogens (primary N) is 1. The van der Waals surface area contributed by atoms with E-state index in [9.17, 15) is 18.0 Å². The molecule has 3 unspecified atom stereocenters. The van der Waals surface area contributed by atoms with Crippen LogP contribution >= 0.6 is 0 Å². The summed E-state index contributed by atoms with van der Waals surface area (Å²) in [4.78, 5) is 11.8. The predicted molar refractivity (Wildman–Crippen MR) is 64.4 cm³/mol. The molecule has 0 saturated heterocycles. The Hall–Kier alpha value is -0.820. The van der Waals surface area contributed by atoms with Crippen LogP contribution in [0.2, 0.25) is 0 Å². The molecule has 112 valence electrons. The van der Waals surface area contributed by atoms with Crippen molar-refractivity contribution in [3.8, 4) is 0 Å². The molecule has 19 heavy (non-hydrogen) atoms.